The number of carbonyl (C=O) groups excluding carboxylic acids is 1. The van der Waals surface area contributed by atoms with Crippen molar-refractivity contribution in [2.45, 2.75) is 12.6 Å². The molecule has 0 radical (unpaired) electrons. The van der Waals surface area contributed by atoms with Gasteiger partial charge in [0.25, 0.3) is 5.91 Å². The SMILES string of the molecule is CS(=O)(=O)N(Cc1ccc(C(=O)NC[C@@H]2COc3ccccc3O2)cc1)c1ccccc1. The van der Waals surface area contributed by atoms with Crippen molar-refractivity contribution in [1.82, 2.24) is 5.32 Å². The lowest BCUT2D eigenvalue weighted by Gasteiger charge is -2.26. The maximum absolute atomic E-state index is 12.5. The van der Waals surface area contributed by atoms with Gasteiger partial charge in [0.15, 0.2) is 11.5 Å². The third kappa shape index (κ3) is 5.20. The lowest BCUT2D eigenvalue weighted by molar-refractivity contribution is 0.0789. The minimum absolute atomic E-state index is 0.178. The summed E-state index contributed by atoms with van der Waals surface area (Å²) in [4.78, 5) is 12.5. The third-order valence-electron chi connectivity index (χ3n) is 5.04. The molecule has 0 saturated carbocycles. The van der Waals surface area contributed by atoms with E-state index in [1.165, 1.54) is 10.6 Å². The summed E-state index contributed by atoms with van der Waals surface area (Å²) < 4.78 is 37.4. The van der Waals surface area contributed by atoms with E-state index in [2.05, 4.69) is 5.32 Å². The third-order valence-corrected chi connectivity index (χ3v) is 6.19. The highest BCUT2D eigenvalue weighted by molar-refractivity contribution is 7.92. The number of nitrogens with one attached hydrogen (secondary N) is 1. The van der Waals surface area contributed by atoms with Gasteiger partial charge in [-0.2, -0.15) is 0 Å². The number of ether oxygens (including phenoxy) is 2. The topological polar surface area (TPSA) is 84.9 Å². The molecule has 1 aliphatic heterocycles. The van der Waals surface area contributed by atoms with Crippen LogP contribution in [0.3, 0.4) is 0 Å². The van der Waals surface area contributed by atoms with E-state index in [0.717, 1.165) is 5.56 Å². The van der Waals surface area contributed by atoms with Crippen molar-refractivity contribution >= 4 is 21.6 Å². The van der Waals surface area contributed by atoms with Gasteiger partial charge in [-0.3, -0.25) is 9.10 Å². The molecule has 4 rings (SSSR count). The molecule has 0 bridgehead atoms. The van der Waals surface area contributed by atoms with Crippen molar-refractivity contribution in [2.75, 3.05) is 23.7 Å². The lowest BCUT2D eigenvalue weighted by Crippen LogP contribution is -2.40. The van der Waals surface area contributed by atoms with Crippen LogP contribution in [0, 0.1) is 0 Å². The fraction of sp³-hybridized carbons (Fsp3) is 0.208. The Balaban J connectivity index is 1.36. The standard InChI is InChI=1S/C24H24N2O5S/c1-32(28,29)26(20-7-3-2-4-8-20)16-18-11-13-19(14-12-18)24(27)25-15-21-17-30-22-9-5-6-10-23(22)31-21/h2-14,21H,15-17H2,1H3,(H,25,27)/t21-/m1/s1. The molecule has 0 aliphatic carbocycles. The van der Waals surface area contributed by atoms with Crippen LogP contribution >= 0.6 is 0 Å². The number of para-hydroxylation sites is 3. The predicted molar refractivity (Wildman–Crippen MR) is 123 cm³/mol. The van der Waals surface area contributed by atoms with Crippen molar-refractivity contribution < 1.29 is 22.7 Å². The van der Waals surface area contributed by atoms with Crippen molar-refractivity contribution in [3.05, 3.63) is 90.0 Å². The highest BCUT2D eigenvalue weighted by Gasteiger charge is 2.21. The molecule has 1 amide bonds. The summed E-state index contributed by atoms with van der Waals surface area (Å²) in [6.07, 6.45) is 0.902. The molecular weight excluding hydrogens is 428 g/mol. The summed E-state index contributed by atoms with van der Waals surface area (Å²) in [5.41, 5.74) is 1.85. The number of hydrogen-bond donors (Lipinski definition) is 1. The van der Waals surface area contributed by atoms with Crippen LogP contribution in [0.15, 0.2) is 78.9 Å². The molecule has 3 aromatic rings. The molecule has 0 spiro atoms. The second-order valence-electron chi connectivity index (χ2n) is 7.51. The monoisotopic (exact) mass is 452 g/mol. The second kappa shape index (κ2) is 9.32. The molecule has 0 fully saturated rings. The summed E-state index contributed by atoms with van der Waals surface area (Å²) in [5.74, 6) is 1.13. The quantitative estimate of drug-likeness (QED) is 0.595. The van der Waals surface area contributed by atoms with E-state index in [0.29, 0.717) is 35.9 Å². The van der Waals surface area contributed by atoms with Crippen LogP contribution in [0.2, 0.25) is 0 Å². The Kier molecular flexibility index (Phi) is 6.32. The van der Waals surface area contributed by atoms with E-state index < -0.39 is 10.0 Å². The summed E-state index contributed by atoms with van der Waals surface area (Å²) in [6.45, 7) is 0.846. The normalized spacial score (nSPS) is 15.1. The van der Waals surface area contributed by atoms with Crippen LogP contribution in [0.4, 0.5) is 5.69 Å². The van der Waals surface area contributed by atoms with Crippen molar-refractivity contribution in [3.63, 3.8) is 0 Å². The Bertz CT molecular complexity index is 1180. The highest BCUT2D eigenvalue weighted by Crippen LogP contribution is 2.30. The Labute approximate surface area is 187 Å². The van der Waals surface area contributed by atoms with E-state index in [4.69, 9.17) is 9.47 Å². The molecular formula is C24H24N2O5S. The highest BCUT2D eigenvalue weighted by atomic mass is 32.2. The maximum atomic E-state index is 12.5. The van der Waals surface area contributed by atoms with Crippen LogP contribution in [-0.4, -0.2) is 39.8 Å². The average Bonchev–Trinajstić information content (AvgIpc) is 2.81. The largest absolute Gasteiger partial charge is 0.486 e. The fourth-order valence-electron chi connectivity index (χ4n) is 3.39. The fourth-order valence-corrected chi connectivity index (χ4v) is 4.28. The van der Waals surface area contributed by atoms with E-state index in [1.54, 1.807) is 48.5 Å². The first-order valence-corrected chi connectivity index (χ1v) is 12.0. The molecule has 3 aromatic carbocycles. The van der Waals surface area contributed by atoms with Crippen LogP contribution in [0.25, 0.3) is 0 Å². The first kappa shape index (κ1) is 21.7. The van der Waals surface area contributed by atoms with Gasteiger partial charge in [0.05, 0.1) is 25.0 Å². The van der Waals surface area contributed by atoms with Gasteiger partial charge in [0.1, 0.15) is 12.7 Å². The molecule has 8 heteroatoms. The molecule has 32 heavy (non-hydrogen) atoms. The number of fused-ring (bicyclic) bond motifs is 1. The predicted octanol–water partition coefficient (Wildman–Crippen LogP) is 3.22. The second-order valence-corrected chi connectivity index (χ2v) is 9.42. The molecule has 1 heterocycles. The van der Waals surface area contributed by atoms with Crippen molar-refractivity contribution in [1.29, 1.82) is 0 Å². The molecule has 1 N–H and O–H groups in total. The van der Waals surface area contributed by atoms with Gasteiger partial charge in [0, 0.05) is 5.56 Å². The van der Waals surface area contributed by atoms with Gasteiger partial charge in [-0.1, -0.05) is 42.5 Å². The molecule has 0 unspecified atom stereocenters. The Hall–Kier alpha value is -3.52. The number of sulfonamides is 1. The average molecular weight is 453 g/mol. The zero-order chi connectivity index (χ0) is 22.6. The zero-order valence-electron chi connectivity index (χ0n) is 17.6. The van der Waals surface area contributed by atoms with Crippen LogP contribution < -0.4 is 19.1 Å². The molecule has 1 atom stereocenters. The van der Waals surface area contributed by atoms with Crippen LogP contribution in [0.1, 0.15) is 15.9 Å². The number of benzene rings is 3. The molecule has 0 aromatic heterocycles. The lowest BCUT2D eigenvalue weighted by atomic mass is 10.1. The van der Waals surface area contributed by atoms with Crippen molar-refractivity contribution in [2.24, 2.45) is 0 Å². The minimum Gasteiger partial charge on any atom is -0.486 e. The number of amides is 1. The number of nitrogens with zero attached hydrogens (tertiary/aromatic N) is 1. The van der Waals surface area contributed by atoms with Gasteiger partial charge in [0.2, 0.25) is 10.0 Å². The van der Waals surface area contributed by atoms with E-state index >= 15 is 0 Å². The van der Waals surface area contributed by atoms with E-state index in [9.17, 15) is 13.2 Å². The van der Waals surface area contributed by atoms with Gasteiger partial charge >= 0.3 is 0 Å². The number of hydrogen-bond acceptors (Lipinski definition) is 5. The summed E-state index contributed by atoms with van der Waals surface area (Å²) in [7, 11) is -3.46. The van der Waals surface area contributed by atoms with Crippen molar-refractivity contribution in [3.8, 4) is 11.5 Å². The van der Waals surface area contributed by atoms with Crippen LogP contribution in [0.5, 0.6) is 11.5 Å². The zero-order valence-corrected chi connectivity index (χ0v) is 18.4. The molecule has 0 saturated heterocycles. The van der Waals surface area contributed by atoms with Gasteiger partial charge in [-0.25, -0.2) is 8.42 Å². The van der Waals surface area contributed by atoms with Gasteiger partial charge < -0.3 is 14.8 Å². The van der Waals surface area contributed by atoms with E-state index in [1.807, 2.05) is 30.3 Å². The summed E-state index contributed by atoms with van der Waals surface area (Å²) >= 11 is 0. The van der Waals surface area contributed by atoms with Crippen LogP contribution in [-0.2, 0) is 16.6 Å². The molecule has 1 aliphatic rings. The molecule has 7 nitrogen and oxygen atoms in total. The summed E-state index contributed by atoms with van der Waals surface area (Å²) in [5, 5.41) is 2.86. The van der Waals surface area contributed by atoms with Gasteiger partial charge in [-0.15, -0.1) is 0 Å². The summed E-state index contributed by atoms with van der Waals surface area (Å²) in [6, 6.07) is 23.2. The smallest absolute Gasteiger partial charge is 0.251 e. The Morgan fingerprint density at radius 1 is 0.969 bits per heavy atom. The first-order valence-electron chi connectivity index (χ1n) is 10.2. The Morgan fingerprint density at radius 3 is 2.31 bits per heavy atom. The molecule has 166 valence electrons. The maximum Gasteiger partial charge on any atom is 0.251 e. The Morgan fingerprint density at radius 2 is 1.62 bits per heavy atom. The van der Waals surface area contributed by atoms with Gasteiger partial charge in [-0.05, 0) is 42.0 Å². The number of carbonyl (C=O) groups is 1. The minimum atomic E-state index is -3.46. The number of rotatable bonds is 7. The first-order chi connectivity index (χ1) is 15.4. The number of anilines is 1. The van der Waals surface area contributed by atoms with E-state index in [-0.39, 0.29) is 18.6 Å².